The minimum atomic E-state index is 0.227. The van der Waals surface area contributed by atoms with Gasteiger partial charge in [0.1, 0.15) is 0 Å². The molecule has 0 amide bonds. The van der Waals surface area contributed by atoms with E-state index in [0.717, 1.165) is 25.9 Å². The lowest BCUT2D eigenvalue weighted by molar-refractivity contribution is 0.358. The highest BCUT2D eigenvalue weighted by Gasteiger charge is 2.14. The van der Waals surface area contributed by atoms with Crippen LogP contribution in [0.2, 0.25) is 0 Å². The Morgan fingerprint density at radius 2 is 1.78 bits per heavy atom. The third-order valence-electron chi connectivity index (χ3n) is 3.28. The van der Waals surface area contributed by atoms with Gasteiger partial charge in [-0.25, -0.2) is 0 Å². The van der Waals surface area contributed by atoms with Gasteiger partial charge in [0.15, 0.2) is 0 Å². The van der Waals surface area contributed by atoms with Crippen LogP contribution in [0, 0.1) is 11.3 Å². The van der Waals surface area contributed by atoms with Crippen molar-refractivity contribution in [3.8, 4) is 0 Å². The molecule has 0 fully saturated rings. The van der Waals surface area contributed by atoms with Crippen molar-refractivity contribution >= 4 is 5.69 Å². The number of anilines is 1. The molecule has 0 atom stereocenters. The van der Waals surface area contributed by atoms with Gasteiger partial charge in [0, 0.05) is 12.2 Å². The normalized spacial score (nSPS) is 11.9. The van der Waals surface area contributed by atoms with E-state index in [4.69, 9.17) is 5.73 Å². The Bertz CT molecular complexity index is 339. The molecule has 0 saturated heterocycles. The predicted molar refractivity (Wildman–Crippen MR) is 80.9 cm³/mol. The molecule has 1 aromatic carbocycles. The fourth-order valence-corrected chi connectivity index (χ4v) is 1.88. The van der Waals surface area contributed by atoms with Gasteiger partial charge in [-0.2, -0.15) is 0 Å². The van der Waals surface area contributed by atoms with E-state index in [9.17, 15) is 0 Å². The first-order valence-electron chi connectivity index (χ1n) is 6.96. The lowest BCUT2D eigenvalue weighted by atomic mass is 9.90. The average Bonchev–Trinajstić information content (AvgIpc) is 2.30. The van der Waals surface area contributed by atoms with Crippen molar-refractivity contribution in [1.29, 1.82) is 0 Å². The fourth-order valence-electron chi connectivity index (χ4n) is 1.88. The summed E-state index contributed by atoms with van der Waals surface area (Å²) in [6, 6.07) is 8.78. The van der Waals surface area contributed by atoms with Gasteiger partial charge in [0.25, 0.3) is 0 Å². The van der Waals surface area contributed by atoms with Crippen LogP contribution in [0.4, 0.5) is 5.69 Å². The lowest BCUT2D eigenvalue weighted by Gasteiger charge is -2.22. The first kappa shape index (κ1) is 15.0. The van der Waals surface area contributed by atoms with Crippen molar-refractivity contribution < 1.29 is 0 Å². The molecule has 0 radical (unpaired) electrons. The first-order chi connectivity index (χ1) is 8.43. The summed E-state index contributed by atoms with van der Waals surface area (Å²) in [4.78, 5) is 0. The molecule has 0 spiro atoms. The Hall–Kier alpha value is -1.02. The summed E-state index contributed by atoms with van der Waals surface area (Å²) in [5.41, 5.74) is 8.57. The molecule has 18 heavy (non-hydrogen) atoms. The van der Waals surface area contributed by atoms with Crippen molar-refractivity contribution in [1.82, 2.24) is 0 Å². The van der Waals surface area contributed by atoms with Crippen LogP contribution in [0.5, 0.6) is 0 Å². The van der Waals surface area contributed by atoms with Gasteiger partial charge in [-0.1, -0.05) is 39.8 Å². The highest BCUT2D eigenvalue weighted by Crippen LogP contribution is 2.19. The molecule has 1 aromatic rings. The average molecular weight is 248 g/mol. The fraction of sp³-hybridized carbons (Fsp3) is 0.625. The van der Waals surface area contributed by atoms with E-state index in [1.807, 2.05) is 0 Å². The van der Waals surface area contributed by atoms with E-state index in [-0.39, 0.29) is 5.41 Å². The van der Waals surface area contributed by atoms with Gasteiger partial charge < -0.3 is 11.1 Å². The van der Waals surface area contributed by atoms with Crippen LogP contribution < -0.4 is 11.1 Å². The number of rotatable bonds is 7. The molecular weight excluding hydrogens is 220 g/mol. The predicted octanol–water partition coefficient (Wildman–Crippen LogP) is 3.67. The minimum Gasteiger partial charge on any atom is -0.385 e. The number of hydrogen-bond acceptors (Lipinski definition) is 2. The van der Waals surface area contributed by atoms with E-state index in [1.165, 1.54) is 11.3 Å². The molecule has 0 unspecified atom stereocenters. The molecule has 1 rings (SSSR count). The maximum atomic E-state index is 5.72. The summed E-state index contributed by atoms with van der Waals surface area (Å²) in [6.45, 7) is 10.6. The molecule has 0 bridgehead atoms. The van der Waals surface area contributed by atoms with Crippen LogP contribution in [0.3, 0.4) is 0 Å². The SMILES string of the molecule is CC(C)Cc1ccc(NCCC(C)(C)CN)cc1. The van der Waals surface area contributed by atoms with Crippen molar-refractivity contribution in [2.75, 3.05) is 18.4 Å². The Morgan fingerprint density at radius 1 is 1.17 bits per heavy atom. The highest BCUT2D eigenvalue weighted by molar-refractivity contribution is 5.44. The summed E-state index contributed by atoms with van der Waals surface area (Å²) in [6.07, 6.45) is 2.25. The smallest absolute Gasteiger partial charge is 0.0340 e. The van der Waals surface area contributed by atoms with Gasteiger partial charge >= 0.3 is 0 Å². The standard InChI is InChI=1S/C16H28N2/c1-13(2)11-14-5-7-15(8-6-14)18-10-9-16(3,4)12-17/h5-8,13,18H,9-12,17H2,1-4H3. The largest absolute Gasteiger partial charge is 0.385 e. The van der Waals surface area contributed by atoms with E-state index in [1.54, 1.807) is 0 Å². The molecule has 102 valence electrons. The Kier molecular flexibility index (Phi) is 5.67. The van der Waals surface area contributed by atoms with Crippen LogP contribution in [0.1, 0.15) is 39.7 Å². The van der Waals surface area contributed by atoms with E-state index >= 15 is 0 Å². The van der Waals surface area contributed by atoms with Gasteiger partial charge in [-0.3, -0.25) is 0 Å². The van der Waals surface area contributed by atoms with Gasteiger partial charge in [-0.15, -0.1) is 0 Å². The summed E-state index contributed by atoms with van der Waals surface area (Å²) < 4.78 is 0. The van der Waals surface area contributed by atoms with Crippen LogP contribution in [-0.2, 0) is 6.42 Å². The quantitative estimate of drug-likeness (QED) is 0.772. The molecular formula is C16H28N2. The van der Waals surface area contributed by atoms with E-state index < -0.39 is 0 Å². The molecule has 2 heteroatoms. The minimum absolute atomic E-state index is 0.227. The van der Waals surface area contributed by atoms with Gasteiger partial charge in [0.2, 0.25) is 0 Å². The molecule has 0 aliphatic rings. The maximum absolute atomic E-state index is 5.72. The Morgan fingerprint density at radius 3 is 2.28 bits per heavy atom. The molecule has 0 heterocycles. The van der Waals surface area contributed by atoms with E-state index in [0.29, 0.717) is 5.92 Å². The van der Waals surface area contributed by atoms with E-state index in [2.05, 4.69) is 57.3 Å². The topological polar surface area (TPSA) is 38.0 Å². The summed E-state index contributed by atoms with van der Waals surface area (Å²) in [7, 11) is 0. The van der Waals surface area contributed by atoms with Crippen molar-refractivity contribution in [3.05, 3.63) is 29.8 Å². The van der Waals surface area contributed by atoms with Crippen LogP contribution in [0.25, 0.3) is 0 Å². The maximum Gasteiger partial charge on any atom is 0.0340 e. The zero-order chi connectivity index (χ0) is 13.6. The zero-order valence-electron chi connectivity index (χ0n) is 12.3. The first-order valence-corrected chi connectivity index (χ1v) is 6.96. The van der Waals surface area contributed by atoms with Crippen LogP contribution >= 0.6 is 0 Å². The Labute approximate surface area is 112 Å². The second-order valence-electron chi connectivity index (χ2n) is 6.34. The Balaban J connectivity index is 2.40. The van der Waals surface area contributed by atoms with Gasteiger partial charge in [0.05, 0.1) is 0 Å². The third-order valence-corrected chi connectivity index (χ3v) is 3.28. The van der Waals surface area contributed by atoms with Crippen LogP contribution in [0.15, 0.2) is 24.3 Å². The summed E-state index contributed by atoms with van der Waals surface area (Å²) in [5.74, 6) is 0.717. The lowest BCUT2D eigenvalue weighted by Crippen LogP contribution is -2.26. The van der Waals surface area contributed by atoms with Crippen LogP contribution in [-0.4, -0.2) is 13.1 Å². The number of hydrogen-bond donors (Lipinski definition) is 2. The number of nitrogens with two attached hydrogens (primary N) is 1. The molecule has 0 aliphatic carbocycles. The number of benzene rings is 1. The third kappa shape index (κ3) is 5.54. The van der Waals surface area contributed by atoms with Crippen molar-refractivity contribution in [3.63, 3.8) is 0 Å². The molecule has 3 N–H and O–H groups in total. The number of nitrogens with one attached hydrogen (secondary N) is 1. The molecule has 0 aromatic heterocycles. The molecule has 0 saturated carbocycles. The summed E-state index contributed by atoms with van der Waals surface area (Å²) in [5, 5.41) is 3.46. The van der Waals surface area contributed by atoms with Crippen molar-refractivity contribution in [2.45, 2.75) is 40.5 Å². The summed E-state index contributed by atoms with van der Waals surface area (Å²) >= 11 is 0. The van der Waals surface area contributed by atoms with Crippen molar-refractivity contribution in [2.24, 2.45) is 17.1 Å². The second kappa shape index (κ2) is 6.79. The molecule has 2 nitrogen and oxygen atoms in total. The highest BCUT2D eigenvalue weighted by atomic mass is 14.9. The molecule has 0 aliphatic heterocycles. The van der Waals surface area contributed by atoms with Gasteiger partial charge in [-0.05, 0) is 48.4 Å². The monoisotopic (exact) mass is 248 g/mol. The second-order valence-corrected chi connectivity index (χ2v) is 6.34. The zero-order valence-corrected chi connectivity index (χ0v) is 12.3.